The van der Waals surface area contributed by atoms with E-state index in [1.54, 1.807) is 7.11 Å². The molecule has 1 aromatic carbocycles. The highest BCUT2D eigenvalue weighted by molar-refractivity contribution is 5.48. The van der Waals surface area contributed by atoms with Gasteiger partial charge in [-0.15, -0.1) is 0 Å². The maximum Gasteiger partial charge on any atom is 0.119 e. The maximum atomic E-state index is 9.81. The molecule has 0 radical (unpaired) electrons. The zero-order valence-electron chi connectivity index (χ0n) is 12.0. The van der Waals surface area contributed by atoms with Gasteiger partial charge in [-0.25, -0.2) is 0 Å². The molecule has 1 unspecified atom stereocenters. The highest BCUT2D eigenvalue weighted by Crippen LogP contribution is 2.34. The molecule has 2 N–H and O–H groups in total. The van der Waals surface area contributed by atoms with E-state index in [4.69, 9.17) is 4.74 Å². The summed E-state index contributed by atoms with van der Waals surface area (Å²) in [5, 5.41) is 13.3. The number of hydrogen-bond donors (Lipinski definition) is 2. The van der Waals surface area contributed by atoms with Crippen molar-refractivity contribution >= 4 is 5.69 Å². The van der Waals surface area contributed by atoms with Crippen LogP contribution in [0.4, 0.5) is 5.69 Å². The van der Waals surface area contributed by atoms with Gasteiger partial charge >= 0.3 is 0 Å². The Morgan fingerprint density at radius 3 is 2.37 bits per heavy atom. The fraction of sp³-hybridized carbons (Fsp3) is 0.625. The monoisotopic (exact) mass is 263 g/mol. The summed E-state index contributed by atoms with van der Waals surface area (Å²) in [6, 6.07) is 7.91. The van der Waals surface area contributed by atoms with Gasteiger partial charge in [0.05, 0.1) is 19.3 Å². The van der Waals surface area contributed by atoms with E-state index in [1.807, 2.05) is 24.3 Å². The first-order valence-electron chi connectivity index (χ1n) is 7.21. The van der Waals surface area contributed by atoms with Crippen LogP contribution < -0.4 is 10.1 Å². The Morgan fingerprint density at radius 1 is 1.21 bits per heavy atom. The van der Waals surface area contributed by atoms with Gasteiger partial charge in [0.25, 0.3) is 0 Å². The molecule has 1 fully saturated rings. The molecule has 1 saturated carbocycles. The van der Waals surface area contributed by atoms with Crippen LogP contribution in [0.25, 0.3) is 0 Å². The third kappa shape index (κ3) is 3.41. The molecule has 0 aromatic heterocycles. The summed E-state index contributed by atoms with van der Waals surface area (Å²) < 4.78 is 5.16. The van der Waals surface area contributed by atoms with Crippen molar-refractivity contribution in [2.45, 2.75) is 44.6 Å². The molecule has 1 aliphatic carbocycles. The number of methoxy groups -OCH3 is 1. The number of anilines is 1. The SMILES string of the molecule is COc1ccc(NC(C)(CO)C2CCCCC2)cc1. The summed E-state index contributed by atoms with van der Waals surface area (Å²) in [4.78, 5) is 0. The second-order valence-electron chi connectivity index (χ2n) is 5.76. The standard InChI is InChI=1S/C16H25NO2/c1-16(12-18,13-6-4-3-5-7-13)17-14-8-10-15(19-2)11-9-14/h8-11,13,17-18H,3-7,12H2,1-2H3. The first-order chi connectivity index (χ1) is 9.18. The van der Waals surface area contributed by atoms with Crippen LogP contribution in [0.2, 0.25) is 0 Å². The Morgan fingerprint density at radius 2 is 1.84 bits per heavy atom. The molecule has 0 spiro atoms. The quantitative estimate of drug-likeness (QED) is 0.855. The van der Waals surface area contributed by atoms with Crippen LogP contribution in [0.1, 0.15) is 39.0 Å². The van der Waals surface area contributed by atoms with Crippen molar-refractivity contribution in [1.29, 1.82) is 0 Å². The minimum atomic E-state index is -0.227. The van der Waals surface area contributed by atoms with Crippen molar-refractivity contribution in [3.63, 3.8) is 0 Å². The third-order valence-electron chi connectivity index (χ3n) is 4.35. The van der Waals surface area contributed by atoms with E-state index < -0.39 is 0 Å². The molecule has 0 amide bonds. The summed E-state index contributed by atoms with van der Waals surface area (Å²) in [5.74, 6) is 1.40. The van der Waals surface area contributed by atoms with E-state index in [0.717, 1.165) is 11.4 Å². The van der Waals surface area contributed by atoms with Gasteiger partial charge < -0.3 is 15.2 Å². The molecule has 106 valence electrons. The first kappa shape index (κ1) is 14.2. The van der Waals surface area contributed by atoms with Crippen LogP contribution in [0.15, 0.2) is 24.3 Å². The van der Waals surface area contributed by atoms with Crippen LogP contribution in [0, 0.1) is 5.92 Å². The summed E-state index contributed by atoms with van der Waals surface area (Å²) >= 11 is 0. The number of hydrogen-bond acceptors (Lipinski definition) is 3. The van der Waals surface area contributed by atoms with Crippen LogP contribution in [-0.2, 0) is 0 Å². The van der Waals surface area contributed by atoms with Crippen LogP contribution in [0.3, 0.4) is 0 Å². The predicted octanol–water partition coefficient (Wildman–Crippen LogP) is 3.44. The fourth-order valence-corrected chi connectivity index (χ4v) is 3.01. The van der Waals surface area contributed by atoms with Gasteiger partial charge in [0.15, 0.2) is 0 Å². The number of nitrogens with one attached hydrogen (secondary N) is 1. The molecule has 3 heteroatoms. The average molecular weight is 263 g/mol. The Bertz CT molecular complexity index is 384. The molecule has 19 heavy (non-hydrogen) atoms. The topological polar surface area (TPSA) is 41.5 Å². The highest BCUT2D eigenvalue weighted by Gasteiger charge is 2.34. The Labute approximate surface area is 116 Å². The molecule has 1 atom stereocenters. The van der Waals surface area contributed by atoms with Gasteiger partial charge in [-0.2, -0.15) is 0 Å². The zero-order valence-corrected chi connectivity index (χ0v) is 12.0. The van der Waals surface area contributed by atoms with Gasteiger partial charge in [0.1, 0.15) is 5.75 Å². The third-order valence-corrected chi connectivity index (χ3v) is 4.35. The van der Waals surface area contributed by atoms with E-state index in [0.29, 0.717) is 5.92 Å². The van der Waals surface area contributed by atoms with Crippen molar-refractivity contribution in [3.8, 4) is 5.75 Å². The molecule has 3 nitrogen and oxygen atoms in total. The van der Waals surface area contributed by atoms with Crippen LogP contribution in [0.5, 0.6) is 5.75 Å². The van der Waals surface area contributed by atoms with Gasteiger partial charge in [-0.05, 0) is 49.9 Å². The van der Waals surface area contributed by atoms with Crippen LogP contribution in [-0.4, -0.2) is 24.4 Å². The van der Waals surface area contributed by atoms with Crippen molar-refractivity contribution in [1.82, 2.24) is 0 Å². The molecule has 0 heterocycles. The van der Waals surface area contributed by atoms with Gasteiger partial charge in [-0.1, -0.05) is 19.3 Å². The van der Waals surface area contributed by atoms with E-state index in [1.165, 1.54) is 32.1 Å². The van der Waals surface area contributed by atoms with Crippen molar-refractivity contribution < 1.29 is 9.84 Å². The van der Waals surface area contributed by atoms with Gasteiger partial charge in [0, 0.05) is 5.69 Å². The number of benzene rings is 1. The van der Waals surface area contributed by atoms with E-state index in [-0.39, 0.29) is 12.1 Å². The second-order valence-corrected chi connectivity index (χ2v) is 5.76. The zero-order chi connectivity index (χ0) is 13.7. The second kappa shape index (κ2) is 6.29. The number of rotatable bonds is 5. The Balaban J connectivity index is 2.07. The largest absolute Gasteiger partial charge is 0.497 e. The smallest absolute Gasteiger partial charge is 0.119 e. The molecule has 0 bridgehead atoms. The van der Waals surface area contributed by atoms with E-state index in [2.05, 4.69) is 12.2 Å². The number of ether oxygens (including phenoxy) is 1. The summed E-state index contributed by atoms with van der Waals surface area (Å²) in [5.41, 5.74) is 0.817. The highest BCUT2D eigenvalue weighted by atomic mass is 16.5. The summed E-state index contributed by atoms with van der Waals surface area (Å²) in [7, 11) is 1.67. The van der Waals surface area contributed by atoms with Gasteiger partial charge in [-0.3, -0.25) is 0 Å². The Kier molecular flexibility index (Phi) is 4.70. The lowest BCUT2D eigenvalue weighted by Gasteiger charge is -2.40. The summed E-state index contributed by atoms with van der Waals surface area (Å²) in [6.07, 6.45) is 6.32. The molecule has 0 aliphatic heterocycles. The molecule has 2 rings (SSSR count). The van der Waals surface area contributed by atoms with Crippen molar-refractivity contribution in [2.24, 2.45) is 5.92 Å². The van der Waals surface area contributed by atoms with Crippen molar-refractivity contribution in [3.05, 3.63) is 24.3 Å². The lowest BCUT2D eigenvalue weighted by molar-refractivity contribution is 0.144. The lowest BCUT2D eigenvalue weighted by Crippen LogP contribution is -2.47. The first-order valence-corrected chi connectivity index (χ1v) is 7.21. The maximum absolute atomic E-state index is 9.81. The minimum Gasteiger partial charge on any atom is -0.497 e. The lowest BCUT2D eigenvalue weighted by atomic mass is 9.76. The fourth-order valence-electron chi connectivity index (χ4n) is 3.01. The number of aliphatic hydroxyl groups is 1. The number of aliphatic hydroxyl groups excluding tert-OH is 1. The summed E-state index contributed by atoms with van der Waals surface area (Å²) in [6.45, 7) is 2.30. The van der Waals surface area contributed by atoms with Gasteiger partial charge in [0.2, 0.25) is 0 Å². The molecular weight excluding hydrogens is 238 g/mol. The Hall–Kier alpha value is -1.22. The van der Waals surface area contributed by atoms with Crippen molar-refractivity contribution in [2.75, 3.05) is 19.0 Å². The minimum absolute atomic E-state index is 0.170. The van der Waals surface area contributed by atoms with E-state index >= 15 is 0 Å². The normalized spacial score (nSPS) is 19.7. The molecular formula is C16H25NO2. The molecule has 1 aliphatic rings. The van der Waals surface area contributed by atoms with E-state index in [9.17, 15) is 5.11 Å². The molecule has 1 aromatic rings. The predicted molar refractivity (Wildman–Crippen MR) is 78.7 cm³/mol. The average Bonchev–Trinajstić information content (AvgIpc) is 2.49. The van der Waals surface area contributed by atoms with Crippen LogP contribution >= 0.6 is 0 Å². The molecule has 0 saturated heterocycles.